The van der Waals surface area contributed by atoms with Crippen LogP contribution in [0.1, 0.15) is 5.69 Å². The largest absolute Gasteiger partial charge is 0.309 e. The Hall–Kier alpha value is -3.12. The molecule has 10 nitrogen and oxygen atoms in total. The number of hydrogen-bond donors (Lipinski definition) is 1. The number of anilines is 1. The van der Waals surface area contributed by atoms with Crippen LogP contribution in [0.5, 0.6) is 0 Å². The van der Waals surface area contributed by atoms with Gasteiger partial charge in [0.1, 0.15) is 11.5 Å². The number of rotatable bonds is 5. The average Bonchev–Trinajstić information content (AvgIpc) is 3.25. The zero-order chi connectivity index (χ0) is 19.7. The third kappa shape index (κ3) is 3.51. The van der Waals surface area contributed by atoms with Crippen molar-refractivity contribution >= 4 is 39.8 Å². The minimum absolute atomic E-state index is 0.145. The Labute approximate surface area is 166 Å². The summed E-state index contributed by atoms with van der Waals surface area (Å²) < 4.78 is 3.28. The molecular formula is C16H14N8O2S2. The summed E-state index contributed by atoms with van der Waals surface area (Å²) in [5.74, 6) is 1.09. The summed E-state index contributed by atoms with van der Waals surface area (Å²) in [5, 5.41) is 17.6. The van der Waals surface area contributed by atoms with Crippen LogP contribution in [0.15, 0.2) is 39.9 Å². The summed E-state index contributed by atoms with van der Waals surface area (Å²) in [6.07, 6.45) is 3.38. The van der Waals surface area contributed by atoms with E-state index in [1.807, 2.05) is 23.7 Å². The molecule has 0 aliphatic heterocycles. The van der Waals surface area contributed by atoms with Gasteiger partial charge in [-0.25, -0.2) is 0 Å². The van der Waals surface area contributed by atoms with E-state index in [1.165, 1.54) is 27.6 Å². The Balaban J connectivity index is 1.45. The molecule has 0 unspecified atom stereocenters. The molecule has 0 fully saturated rings. The van der Waals surface area contributed by atoms with Crippen LogP contribution in [-0.2, 0) is 11.8 Å². The molecule has 142 valence electrons. The Kier molecular flexibility index (Phi) is 4.88. The molecule has 4 aromatic rings. The van der Waals surface area contributed by atoms with Gasteiger partial charge >= 0.3 is 0 Å². The maximum Gasteiger partial charge on any atom is 0.295 e. The summed E-state index contributed by atoms with van der Waals surface area (Å²) >= 11 is 2.51. The fourth-order valence-corrected chi connectivity index (χ4v) is 3.89. The molecule has 4 rings (SSSR count). The third-order valence-corrected chi connectivity index (χ3v) is 5.65. The zero-order valence-electron chi connectivity index (χ0n) is 14.9. The van der Waals surface area contributed by atoms with Gasteiger partial charge in [-0.3, -0.25) is 14.6 Å². The highest BCUT2D eigenvalue weighted by atomic mass is 32.2. The van der Waals surface area contributed by atoms with E-state index in [9.17, 15) is 9.59 Å². The first-order valence-electron chi connectivity index (χ1n) is 8.10. The lowest BCUT2D eigenvalue weighted by Crippen LogP contribution is -2.19. The lowest BCUT2D eigenvalue weighted by atomic mass is 10.2. The Morgan fingerprint density at radius 3 is 2.86 bits per heavy atom. The maximum atomic E-state index is 12.4. The third-order valence-electron chi connectivity index (χ3n) is 3.82. The second-order valence-electron chi connectivity index (χ2n) is 5.76. The lowest BCUT2D eigenvalue weighted by Gasteiger charge is -2.05. The lowest BCUT2D eigenvalue weighted by molar-refractivity contribution is -0.113. The zero-order valence-corrected chi connectivity index (χ0v) is 16.5. The molecular weight excluding hydrogens is 400 g/mol. The van der Waals surface area contributed by atoms with Crippen LogP contribution in [0.25, 0.3) is 16.3 Å². The minimum Gasteiger partial charge on any atom is -0.309 e. The molecule has 0 atom stereocenters. The molecule has 0 saturated carbocycles. The SMILES string of the molecule is Cc1nn2c(NC(=O)CSc3nnc(-c4ccncc4)n3C)csc2nc1=O. The number of thiazole rings is 1. The Morgan fingerprint density at radius 1 is 1.29 bits per heavy atom. The molecule has 1 amide bonds. The first-order chi connectivity index (χ1) is 13.5. The summed E-state index contributed by atoms with van der Waals surface area (Å²) in [4.78, 5) is 32.3. The number of fused-ring (bicyclic) bond motifs is 1. The quantitative estimate of drug-likeness (QED) is 0.486. The van der Waals surface area contributed by atoms with E-state index < -0.39 is 0 Å². The number of amides is 1. The molecule has 12 heteroatoms. The summed E-state index contributed by atoms with van der Waals surface area (Å²) in [5.41, 5.74) is 0.792. The fraction of sp³-hybridized carbons (Fsp3) is 0.188. The van der Waals surface area contributed by atoms with Crippen molar-refractivity contribution in [1.29, 1.82) is 0 Å². The maximum absolute atomic E-state index is 12.4. The number of hydrogen-bond acceptors (Lipinski definition) is 9. The molecule has 0 radical (unpaired) electrons. The van der Waals surface area contributed by atoms with E-state index in [0.717, 1.165) is 5.56 Å². The van der Waals surface area contributed by atoms with Gasteiger partial charge in [0, 0.05) is 30.4 Å². The van der Waals surface area contributed by atoms with E-state index in [2.05, 4.69) is 30.6 Å². The van der Waals surface area contributed by atoms with Crippen LogP contribution in [0, 0.1) is 6.92 Å². The van der Waals surface area contributed by atoms with Crippen molar-refractivity contribution in [1.82, 2.24) is 34.3 Å². The molecule has 0 spiro atoms. The average molecular weight is 414 g/mol. The summed E-state index contributed by atoms with van der Waals surface area (Å²) in [6.45, 7) is 1.58. The van der Waals surface area contributed by atoms with Crippen LogP contribution in [0.2, 0.25) is 0 Å². The van der Waals surface area contributed by atoms with Crippen LogP contribution < -0.4 is 10.9 Å². The highest BCUT2D eigenvalue weighted by Gasteiger charge is 2.15. The van der Waals surface area contributed by atoms with Crippen molar-refractivity contribution < 1.29 is 4.79 Å². The molecule has 4 heterocycles. The van der Waals surface area contributed by atoms with Gasteiger partial charge in [-0.15, -0.1) is 21.5 Å². The van der Waals surface area contributed by atoms with Gasteiger partial charge in [-0.1, -0.05) is 11.8 Å². The fourth-order valence-electron chi connectivity index (χ4n) is 2.43. The van der Waals surface area contributed by atoms with Crippen molar-refractivity contribution in [2.24, 2.45) is 7.05 Å². The minimum atomic E-state index is -0.373. The van der Waals surface area contributed by atoms with Crippen LogP contribution in [0.3, 0.4) is 0 Å². The first-order valence-corrected chi connectivity index (χ1v) is 9.97. The van der Waals surface area contributed by atoms with Gasteiger partial charge in [0.25, 0.3) is 5.56 Å². The molecule has 1 N–H and O–H groups in total. The molecule has 0 aliphatic rings. The number of aromatic nitrogens is 7. The van der Waals surface area contributed by atoms with E-state index in [0.29, 0.717) is 21.8 Å². The van der Waals surface area contributed by atoms with Gasteiger partial charge in [0.05, 0.1) is 5.75 Å². The van der Waals surface area contributed by atoms with Crippen LogP contribution in [-0.4, -0.2) is 46.0 Å². The molecule has 0 bridgehead atoms. The van der Waals surface area contributed by atoms with Gasteiger partial charge in [-0.05, 0) is 19.1 Å². The standard InChI is InChI=1S/C16H14N8O2S2/c1-9-14(26)19-15-24(22-9)11(7-27-15)18-12(25)8-28-16-21-20-13(23(16)2)10-3-5-17-6-4-10/h3-7H,8H2,1-2H3,(H,18,25). The van der Waals surface area contributed by atoms with E-state index in [1.54, 1.807) is 24.7 Å². The van der Waals surface area contributed by atoms with Crippen LogP contribution >= 0.6 is 23.1 Å². The van der Waals surface area contributed by atoms with Crippen LogP contribution in [0.4, 0.5) is 5.82 Å². The van der Waals surface area contributed by atoms with Crippen molar-refractivity contribution in [2.75, 3.05) is 11.1 Å². The first kappa shape index (κ1) is 18.3. The number of nitrogens with zero attached hydrogens (tertiary/aromatic N) is 7. The van der Waals surface area contributed by atoms with Gasteiger partial charge in [0.15, 0.2) is 11.0 Å². The number of pyridine rings is 1. The molecule has 4 aromatic heterocycles. The number of aryl methyl sites for hydroxylation is 1. The van der Waals surface area contributed by atoms with E-state index in [4.69, 9.17) is 0 Å². The number of thioether (sulfide) groups is 1. The normalized spacial score (nSPS) is 11.1. The highest BCUT2D eigenvalue weighted by Crippen LogP contribution is 2.22. The Bertz CT molecular complexity index is 1210. The summed E-state index contributed by atoms with van der Waals surface area (Å²) in [7, 11) is 1.84. The number of carbonyl (C=O) groups is 1. The molecule has 0 saturated heterocycles. The summed E-state index contributed by atoms with van der Waals surface area (Å²) in [6, 6.07) is 3.70. The van der Waals surface area contributed by atoms with Gasteiger partial charge in [0.2, 0.25) is 10.9 Å². The second-order valence-corrected chi connectivity index (χ2v) is 7.53. The monoisotopic (exact) mass is 414 g/mol. The topological polar surface area (TPSA) is 120 Å². The van der Waals surface area contributed by atoms with Crippen molar-refractivity contribution in [3.63, 3.8) is 0 Å². The second kappa shape index (κ2) is 7.48. The predicted octanol–water partition coefficient (Wildman–Crippen LogP) is 1.38. The van der Waals surface area contributed by atoms with Gasteiger partial charge < -0.3 is 9.88 Å². The number of nitrogens with one attached hydrogen (secondary N) is 1. The van der Waals surface area contributed by atoms with Crippen molar-refractivity contribution in [2.45, 2.75) is 12.1 Å². The Morgan fingerprint density at radius 2 is 2.07 bits per heavy atom. The van der Waals surface area contributed by atoms with Crippen molar-refractivity contribution in [3.8, 4) is 11.4 Å². The van der Waals surface area contributed by atoms with E-state index in [-0.39, 0.29) is 22.9 Å². The van der Waals surface area contributed by atoms with E-state index >= 15 is 0 Å². The number of carbonyl (C=O) groups excluding carboxylic acids is 1. The van der Waals surface area contributed by atoms with Gasteiger partial charge in [-0.2, -0.15) is 14.6 Å². The molecule has 28 heavy (non-hydrogen) atoms. The smallest absolute Gasteiger partial charge is 0.295 e. The molecule has 0 aromatic carbocycles. The van der Waals surface area contributed by atoms with Crippen molar-refractivity contribution in [3.05, 3.63) is 46.0 Å². The highest BCUT2D eigenvalue weighted by molar-refractivity contribution is 7.99. The molecule has 0 aliphatic carbocycles. The predicted molar refractivity (Wildman–Crippen MR) is 105 cm³/mol.